The third-order valence-corrected chi connectivity index (χ3v) is 5.27. The number of benzene rings is 2. The Morgan fingerprint density at radius 2 is 1.67 bits per heavy atom. The Morgan fingerprint density at radius 1 is 0.963 bits per heavy atom. The van der Waals surface area contributed by atoms with Crippen molar-refractivity contribution >= 4 is 11.6 Å². The molecule has 0 aromatic heterocycles. The van der Waals surface area contributed by atoms with Crippen LogP contribution in [0.25, 0.3) is 0 Å². The number of anilines is 1. The van der Waals surface area contributed by atoms with Gasteiger partial charge in [-0.25, -0.2) is 0 Å². The van der Waals surface area contributed by atoms with Crippen LogP contribution in [-0.2, 0) is 0 Å². The van der Waals surface area contributed by atoms with E-state index in [1.165, 1.54) is 24.9 Å². The number of carbonyl (C=O) groups is 1. The van der Waals surface area contributed by atoms with Gasteiger partial charge < -0.3 is 19.7 Å². The van der Waals surface area contributed by atoms with Crippen molar-refractivity contribution in [2.75, 3.05) is 31.2 Å². The summed E-state index contributed by atoms with van der Waals surface area (Å²) in [5, 5.41) is 3.07. The van der Waals surface area contributed by atoms with Crippen molar-refractivity contribution in [1.29, 1.82) is 0 Å². The summed E-state index contributed by atoms with van der Waals surface area (Å²) in [5.41, 5.74) is 2.95. The predicted octanol–water partition coefficient (Wildman–Crippen LogP) is 3.94. The molecule has 2 aromatic carbocycles. The van der Waals surface area contributed by atoms with Crippen LogP contribution in [0.1, 0.15) is 48.1 Å². The first kappa shape index (κ1) is 17.7. The molecule has 1 fully saturated rings. The van der Waals surface area contributed by atoms with Crippen LogP contribution in [0.4, 0.5) is 5.69 Å². The first-order valence-corrected chi connectivity index (χ1v) is 9.76. The standard InChI is InChI=1S/C22H26N2O3/c1-16(17-5-8-19(9-6-17)24-11-3-2-4-12-24)23-22(25)18-7-10-20-21(15-18)27-14-13-26-20/h5-10,15-16H,2-4,11-14H2,1H3,(H,23,25). The Labute approximate surface area is 160 Å². The molecular formula is C22H26N2O3. The molecule has 0 bridgehead atoms. The summed E-state index contributed by atoms with van der Waals surface area (Å²) in [7, 11) is 0. The molecule has 2 heterocycles. The van der Waals surface area contributed by atoms with Crippen molar-refractivity contribution in [3.63, 3.8) is 0 Å². The number of nitrogens with one attached hydrogen (secondary N) is 1. The van der Waals surface area contributed by atoms with Crippen molar-refractivity contribution in [3.8, 4) is 11.5 Å². The lowest BCUT2D eigenvalue weighted by Crippen LogP contribution is -2.29. The van der Waals surface area contributed by atoms with E-state index in [1.54, 1.807) is 18.2 Å². The summed E-state index contributed by atoms with van der Waals surface area (Å²) in [6.07, 6.45) is 3.87. The number of piperidine rings is 1. The molecule has 0 aliphatic carbocycles. The third kappa shape index (κ3) is 4.02. The molecule has 2 aromatic rings. The van der Waals surface area contributed by atoms with Gasteiger partial charge in [0.2, 0.25) is 0 Å². The van der Waals surface area contributed by atoms with Gasteiger partial charge in [-0.2, -0.15) is 0 Å². The summed E-state index contributed by atoms with van der Waals surface area (Å²) in [6.45, 7) is 5.33. The number of amides is 1. The van der Waals surface area contributed by atoms with Crippen LogP contribution in [0.3, 0.4) is 0 Å². The molecule has 1 N–H and O–H groups in total. The molecule has 0 spiro atoms. The zero-order valence-corrected chi connectivity index (χ0v) is 15.7. The van der Waals surface area contributed by atoms with Gasteiger partial charge in [0.25, 0.3) is 5.91 Å². The number of nitrogens with zero attached hydrogens (tertiary/aromatic N) is 1. The number of carbonyl (C=O) groups excluding carboxylic acids is 1. The maximum Gasteiger partial charge on any atom is 0.251 e. The number of hydrogen-bond donors (Lipinski definition) is 1. The molecule has 27 heavy (non-hydrogen) atoms. The van der Waals surface area contributed by atoms with Crippen LogP contribution in [-0.4, -0.2) is 32.2 Å². The second kappa shape index (κ2) is 7.91. The van der Waals surface area contributed by atoms with Crippen molar-refractivity contribution < 1.29 is 14.3 Å². The van der Waals surface area contributed by atoms with Crippen molar-refractivity contribution in [2.24, 2.45) is 0 Å². The molecule has 1 atom stereocenters. The third-order valence-electron chi connectivity index (χ3n) is 5.27. The molecule has 5 nitrogen and oxygen atoms in total. The summed E-state index contributed by atoms with van der Waals surface area (Å²) in [5.74, 6) is 1.21. The fraction of sp³-hybridized carbons (Fsp3) is 0.409. The minimum Gasteiger partial charge on any atom is -0.486 e. The Balaban J connectivity index is 1.40. The highest BCUT2D eigenvalue weighted by atomic mass is 16.6. The number of ether oxygens (including phenoxy) is 2. The fourth-order valence-electron chi connectivity index (χ4n) is 3.67. The smallest absolute Gasteiger partial charge is 0.251 e. The van der Waals surface area contributed by atoms with E-state index < -0.39 is 0 Å². The molecule has 1 saturated heterocycles. The minimum atomic E-state index is -0.111. The van der Waals surface area contributed by atoms with E-state index in [0.717, 1.165) is 18.7 Å². The van der Waals surface area contributed by atoms with Crippen molar-refractivity contribution in [3.05, 3.63) is 53.6 Å². The van der Waals surface area contributed by atoms with Gasteiger partial charge >= 0.3 is 0 Å². The van der Waals surface area contributed by atoms with E-state index in [2.05, 4.69) is 34.5 Å². The largest absolute Gasteiger partial charge is 0.486 e. The highest BCUT2D eigenvalue weighted by Crippen LogP contribution is 2.31. The number of hydrogen-bond acceptors (Lipinski definition) is 4. The highest BCUT2D eigenvalue weighted by molar-refractivity contribution is 5.95. The Kier molecular flexibility index (Phi) is 5.19. The van der Waals surface area contributed by atoms with E-state index in [1.807, 2.05) is 6.92 Å². The van der Waals surface area contributed by atoms with E-state index in [4.69, 9.17) is 9.47 Å². The SMILES string of the molecule is CC(NC(=O)c1ccc2c(c1)OCCO2)c1ccc(N2CCCCC2)cc1. The van der Waals surface area contributed by atoms with Gasteiger partial charge in [-0.3, -0.25) is 4.79 Å². The van der Waals surface area contributed by atoms with Crippen LogP contribution in [0.5, 0.6) is 11.5 Å². The monoisotopic (exact) mass is 366 g/mol. The fourth-order valence-corrected chi connectivity index (χ4v) is 3.67. The second-order valence-electron chi connectivity index (χ2n) is 7.19. The quantitative estimate of drug-likeness (QED) is 0.890. The molecule has 0 radical (unpaired) electrons. The molecule has 1 amide bonds. The van der Waals surface area contributed by atoms with Gasteiger partial charge in [0, 0.05) is 24.3 Å². The van der Waals surface area contributed by atoms with E-state index in [-0.39, 0.29) is 11.9 Å². The average Bonchev–Trinajstić information content (AvgIpc) is 2.74. The Bertz CT molecular complexity index is 798. The average molecular weight is 366 g/mol. The Hall–Kier alpha value is -2.69. The number of rotatable bonds is 4. The van der Waals surface area contributed by atoms with Crippen LogP contribution in [0.2, 0.25) is 0 Å². The topological polar surface area (TPSA) is 50.8 Å². The lowest BCUT2D eigenvalue weighted by atomic mass is 10.1. The number of fused-ring (bicyclic) bond motifs is 1. The van der Waals surface area contributed by atoms with Gasteiger partial charge in [0.1, 0.15) is 13.2 Å². The lowest BCUT2D eigenvalue weighted by molar-refractivity contribution is 0.0938. The summed E-state index contributed by atoms with van der Waals surface area (Å²) in [6, 6.07) is 13.8. The van der Waals surface area contributed by atoms with E-state index in [9.17, 15) is 4.79 Å². The first-order valence-electron chi connectivity index (χ1n) is 9.76. The van der Waals surface area contributed by atoms with Crippen LogP contribution >= 0.6 is 0 Å². The molecule has 5 heteroatoms. The van der Waals surface area contributed by atoms with E-state index >= 15 is 0 Å². The zero-order chi connectivity index (χ0) is 18.6. The van der Waals surface area contributed by atoms with Crippen molar-refractivity contribution in [1.82, 2.24) is 5.32 Å². The minimum absolute atomic E-state index is 0.0684. The van der Waals surface area contributed by atoms with Gasteiger partial charge in [0.15, 0.2) is 11.5 Å². The van der Waals surface area contributed by atoms with E-state index in [0.29, 0.717) is 30.3 Å². The predicted molar refractivity (Wildman–Crippen MR) is 106 cm³/mol. The molecule has 2 aliphatic heterocycles. The molecular weight excluding hydrogens is 340 g/mol. The normalized spacial score (nSPS) is 17.3. The maximum absolute atomic E-state index is 12.6. The lowest BCUT2D eigenvalue weighted by Gasteiger charge is -2.29. The van der Waals surface area contributed by atoms with Gasteiger partial charge in [-0.15, -0.1) is 0 Å². The van der Waals surface area contributed by atoms with Crippen LogP contribution in [0, 0.1) is 0 Å². The van der Waals surface area contributed by atoms with Crippen molar-refractivity contribution in [2.45, 2.75) is 32.2 Å². The van der Waals surface area contributed by atoms with Crippen LogP contribution < -0.4 is 19.7 Å². The van der Waals surface area contributed by atoms with Gasteiger partial charge in [0.05, 0.1) is 6.04 Å². The molecule has 142 valence electrons. The van der Waals surface area contributed by atoms with Crippen LogP contribution in [0.15, 0.2) is 42.5 Å². The maximum atomic E-state index is 12.6. The molecule has 1 unspecified atom stereocenters. The zero-order valence-electron chi connectivity index (χ0n) is 15.7. The molecule has 2 aliphatic rings. The first-order chi connectivity index (χ1) is 13.2. The van der Waals surface area contributed by atoms with Gasteiger partial charge in [-0.1, -0.05) is 12.1 Å². The van der Waals surface area contributed by atoms with Gasteiger partial charge in [-0.05, 0) is 62.1 Å². The molecule has 0 saturated carbocycles. The summed E-state index contributed by atoms with van der Waals surface area (Å²) in [4.78, 5) is 15.0. The highest BCUT2D eigenvalue weighted by Gasteiger charge is 2.17. The Morgan fingerprint density at radius 3 is 2.41 bits per heavy atom. The second-order valence-corrected chi connectivity index (χ2v) is 7.19. The summed E-state index contributed by atoms with van der Waals surface area (Å²) >= 11 is 0. The molecule has 4 rings (SSSR count). The summed E-state index contributed by atoms with van der Waals surface area (Å²) < 4.78 is 11.1.